The lowest BCUT2D eigenvalue weighted by Crippen LogP contribution is -1.97. The molecule has 2 N–H and O–H groups in total. The molecule has 0 aliphatic heterocycles. The van der Waals surface area contributed by atoms with Gasteiger partial charge >= 0.3 is 5.97 Å². The molecule has 0 atom stereocenters. The van der Waals surface area contributed by atoms with Crippen molar-refractivity contribution >= 4 is 28.1 Å². The van der Waals surface area contributed by atoms with Crippen molar-refractivity contribution in [2.45, 2.75) is 0 Å². The Hall–Kier alpha value is -2.73. The molecular weight excluding hydrogens is 286 g/mol. The number of aromatic carboxylic acids is 1. The lowest BCUT2D eigenvalue weighted by atomic mass is 10.2. The number of thiazole rings is 1. The summed E-state index contributed by atoms with van der Waals surface area (Å²) in [4.78, 5) is 19.6. The number of nitrogens with zero attached hydrogens (tertiary/aromatic N) is 2. The van der Waals surface area contributed by atoms with Gasteiger partial charge < -0.3 is 10.4 Å². The molecule has 0 aliphatic rings. The van der Waals surface area contributed by atoms with Crippen LogP contribution in [-0.4, -0.2) is 21.0 Å². The topological polar surface area (TPSA) is 75.1 Å². The van der Waals surface area contributed by atoms with E-state index in [0.29, 0.717) is 10.8 Å². The Balaban J connectivity index is 1.82. The quantitative estimate of drug-likeness (QED) is 0.769. The van der Waals surface area contributed by atoms with Crippen molar-refractivity contribution in [3.8, 4) is 11.4 Å². The van der Waals surface area contributed by atoms with Crippen molar-refractivity contribution in [3.63, 3.8) is 0 Å². The highest BCUT2D eigenvalue weighted by Crippen LogP contribution is 2.26. The summed E-state index contributed by atoms with van der Waals surface area (Å²) in [5.41, 5.74) is 2.52. The van der Waals surface area contributed by atoms with E-state index < -0.39 is 5.97 Å². The predicted octanol–water partition coefficient (Wildman–Crippen LogP) is 3.65. The van der Waals surface area contributed by atoms with Crippen LogP contribution in [0.2, 0.25) is 0 Å². The largest absolute Gasteiger partial charge is 0.478 e. The average molecular weight is 297 g/mol. The molecule has 104 valence electrons. The Bertz CT molecular complexity index is 771. The first kappa shape index (κ1) is 13.3. The minimum absolute atomic E-state index is 0.238. The van der Waals surface area contributed by atoms with Crippen molar-refractivity contribution in [3.05, 3.63) is 59.6 Å². The summed E-state index contributed by atoms with van der Waals surface area (Å²) in [5.74, 6) is -0.952. The van der Waals surface area contributed by atoms with E-state index in [0.717, 1.165) is 11.4 Å². The van der Waals surface area contributed by atoms with Crippen LogP contribution in [0.3, 0.4) is 0 Å². The van der Waals surface area contributed by atoms with Gasteiger partial charge in [0, 0.05) is 17.3 Å². The van der Waals surface area contributed by atoms with Crippen LogP contribution in [0, 0.1) is 0 Å². The fourth-order valence-electron chi connectivity index (χ4n) is 1.82. The number of carboxylic acid groups (broad SMARTS) is 1. The zero-order valence-electron chi connectivity index (χ0n) is 10.9. The number of anilines is 2. The molecular formula is C15H11N3O2S. The molecule has 3 aromatic rings. The molecule has 6 heteroatoms. The average Bonchev–Trinajstić information content (AvgIpc) is 2.97. The molecule has 0 spiro atoms. The smallest absolute Gasteiger partial charge is 0.335 e. The fourth-order valence-corrected chi connectivity index (χ4v) is 2.54. The summed E-state index contributed by atoms with van der Waals surface area (Å²) in [6.07, 6.45) is 1.72. The van der Waals surface area contributed by atoms with Gasteiger partial charge in [0.05, 0.1) is 11.3 Å². The molecule has 0 aliphatic carbocycles. The van der Waals surface area contributed by atoms with Crippen LogP contribution in [0.4, 0.5) is 10.8 Å². The molecule has 2 heterocycles. The fraction of sp³-hybridized carbons (Fsp3) is 0. The number of nitrogens with one attached hydrogen (secondary N) is 1. The summed E-state index contributed by atoms with van der Waals surface area (Å²) in [6.45, 7) is 0. The second-order valence-corrected chi connectivity index (χ2v) is 5.12. The molecule has 1 aromatic carbocycles. The monoisotopic (exact) mass is 297 g/mol. The van der Waals surface area contributed by atoms with Gasteiger partial charge in [-0.25, -0.2) is 9.78 Å². The molecule has 0 unspecified atom stereocenters. The molecule has 2 aromatic heterocycles. The van der Waals surface area contributed by atoms with Crippen LogP contribution in [0.1, 0.15) is 10.4 Å². The van der Waals surface area contributed by atoms with E-state index in [9.17, 15) is 4.79 Å². The van der Waals surface area contributed by atoms with E-state index in [1.807, 2.05) is 23.6 Å². The first-order chi connectivity index (χ1) is 10.2. The van der Waals surface area contributed by atoms with Crippen LogP contribution in [-0.2, 0) is 0 Å². The maximum absolute atomic E-state index is 10.9. The maximum Gasteiger partial charge on any atom is 0.335 e. The van der Waals surface area contributed by atoms with Crippen molar-refractivity contribution < 1.29 is 9.90 Å². The standard InChI is InChI=1S/C15H11N3O2S/c19-14(20)10-4-3-5-11(8-10)17-15-18-13(9-21-15)12-6-1-2-7-16-12/h1-9H,(H,17,18)(H,19,20). The van der Waals surface area contributed by atoms with Crippen LogP contribution in [0.5, 0.6) is 0 Å². The van der Waals surface area contributed by atoms with Gasteiger partial charge in [-0.05, 0) is 30.3 Å². The Labute approximate surface area is 124 Å². The van der Waals surface area contributed by atoms with Crippen molar-refractivity contribution in [2.24, 2.45) is 0 Å². The predicted molar refractivity (Wildman–Crippen MR) is 82.0 cm³/mol. The zero-order chi connectivity index (χ0) is 14.7. The summed E-state index contributed by atoms with van der Waals surface area (Å²) >= 11 is 1.44. The van der Waals surface area contributed by atoms with E-state index in [2.05, 4.69) is 15.3 Å². The molecule has 0 saturated carbocycles. The summed E-state index contributed by atoms with van der Waals surface area (Å²) in [7, 11) is 0. The second-order valence-electron chi connectivity index (χ2n) is 4.26. The number of benzene rings is 1. The number of carboxylic acids is 1. The van der Waals surface area contributed by atoms with Gasteiger partial charge in [-0.15, -0.1) is 11.3 Å². The van der Waals surface area contributed by atoms with Crippen molar-refractivity contribution in [2.75, 3.05) is 5.32 Å². The number of pyridine rings is 1. The molecule has 0 fully saturated rings. The van der Waals surface area contributed by atoms with Gasteiger partial charge in [0.1, 0.15) is 5.69 Å². The second kappa shape index (κ2) is 5.72. The number of hydrogen-bond acceptors (Lipinski definition) is 5. The number of rotatable bonds is 4. The lowest BCUT2D eigenvalue weighted by molar-refractivity contribution is 0.0697. The SMILES string of the molecule is O=C(O)c1cccc(Nc2nc(-c3ccccn3)cs2)c1. The first-order valence-corrected chi connectivity index (χ1v) is 7.07. The van der Waals surface area contributed by atoms with E-state index in [4.69, 9.17) is 5.11 Å². The van der Waals surface area contributed by atoms with E-state index in [1.165, 1.54) is 11.3 Å². The van der Waals surface area contributed by atoms with E-state index in [-0.39, 0.29) is 5.56 Å². The van der Waals surface area contributed by atoms with Gasteiger partial charge in [-0.2, -0.15) is 0 Å². The first-order valence-electron chi connectivity index (χ1n) is 6.20. The molecule has 21 heavy (non-hydrogen) atoms. The number of hydrogen-bond donors (Lipinski definition) is 2. The minimum Gasteiger partial charge on any atom is -0.478 e. The van der Waals surface area contributed by atoms with Gasteiger partial charge in [-0.1, -0.05) is 12.1 Å². The van der Waals surface area contributed by atoms with Gasteiger partial charge in [0.25, 0.3) is 0 Å². The van der Waals surface area contributed by atoms with Crippen LogP contribution in [0.25, 0.3) is 11.4 Å². The van der Waals surface area contributed by atoms with Crippen LogP contribution in [0.15, 0.2) is 54.0 Å². The van der Waals surface area contributed by atoms with Crippen LogP contribution < -0.4 is 5.32 Å². The molecule has 0 bridgehead atoms. The zero-order valence-corrected chi connectivity index (χ0v) is 11.7. The van der Waals surface area contributed by atoms with E-state index in [1.54, 1.807) is 30.5 Å². The Morgan fingerprint density at radius 3 is 2.81 bits per heavy atom. The van der Waals surface area contributed by atoms with Crippen molar-refractivity contribution in [1.29, 1.82) is 0 Å². The Kier molecular flexibility index (Phi) is 3.61. The molecule has 0 saturated heterocycles. The minimum atomic E-state index is -0.952. The highest BCUT2D eigenvalue weighted by atomic mass is 32.1. The number of aromatic nitrogens is 2. The third-order valence-electron chi connectivity index (χ3n) is 2.79. The summed E-state index contributed by atoms with van der Waals surface area (Å²) in [5, 5.41) is 14.7. The van der Waals surface area contributed by atoms with Crippen LogP contribution >= 0.6 is 11.3 Å². The Morgan fingerprint density at radius 2 is 2.05 bits per heavy atom. The third-order valence-corrected chi connectivity index (χ3v) is 3.55. The van der Waals surface area contributed by atoms with Gasteiger partial charge in [-0.3, -0.25) is 4.98 Å². The van der Waals surface area contributed by atoms with Gasteiger partial charge in [0.2, 0.25) is 0 Å². The molecule has 3 rings (SSSR count). The highest BCUT2D eigenvalue weighted by molar-refractivity contribution is 7.14. The lowest BCUT2D eigenvalue weighted by Gasteiger charge is -2.03. The van der Waals surface area contributed by atoms with Gasteiger partial charge in [0.15, 0.2) is 5.13 Å². The molecule has 0 amide bonds. The normalized spacial score (nSPS) is 10.3. The highest BCUT2D eigenvalue weighted by Gasteiger charge is 2.07. The summed E-state index contributed by atoms with van der Waals surface area (Å²) in [6, 6.07) is 12.3. The third kappa shape index (κ3) is 3.06. The molecule has 0 radical (unpaired) electrons. The summed E-state index contributed by atoms with van der Waals surface area (Å²) < 4.78 is 0. The molecule has 5 nitrogen and oxygen atoms in total. The van der Waals surface area contributed by atoms with Crippen molar-refractivity contribution in [1.82, 2.24) is 9.97 Å². The number of carbonyl (C=O) groups is 1. The maximum atomic E-state index is 10.9. The Morgan fingerprint density at radius 1 is 1.14 bits per heavy atom. The van der Waals surface area contributed by atoms with E-state index >= 15 is 0 Å².